The summed E-state index contributed by atoms with van der Waals surface area (Å²) in [6.07, 6.45) is -1.09. The first-order valence-corrected chi connectivity index (χ1v) is 5.43. The molecule has 15 heavy (non-hydrogen) atoms. The van der Waals surface area contributed by atoms with Crippen LogP contribution in [-0.4, -0.2) is 24.5 Å². The zero-order valence-electron chi connectivity index (χ0n) is 8.40. The Morgan fingerprint density at radius 2 is 2.40 bits per heavy atom. The highest BCUT2D eigenvalue weighted by atomic mass is 32.1. The molecule has 4 nitrogen and oxygen atoms in total. The van der Waals surface area contributed by atoms with Crippen molar-refractivity contribution in [1.29, 1.82) is 0 Å². The van der Waals surface area contributed by atoms with Gasteiger partial charge in [0.1, 0.15) is 10.6 Å². The normalized spacial score (nSPS) is 18.5. The lowest BCUT2D eigenvalue weighted by atomic mass is 10.2. The lowest BCUT2D eigenvalue weighted by molar-refractivity contribution is -0.148. The van der Waals surface area contributed by atoms with E-state index < -0.39 is 12.1 Å². The van der Waals surface area contributed by atoms with Crippen molar-refractivity contribution in [3.05, 3.63) is 15.8 Å². The number of carbonyl (C=O) groups is 2. The van der Waals surface area contributed by atoms with Gasteiger partial charge in [-0.25, -0.2) is 4.79 Å². The zero-order chi connectivity index (χ0) is 11.0. The molecular weight excluding hydrogens is 216 g/mol. The van der Waals surface area contributed by atoms with E-state index in [2.05, 4.69) is 0 Å². The molecule has 0 fully saturated rings. The Morgan fingerprint density at radius 3 is 3.00 bits per heavy atom. The van der Waals surface area contributed by atoms with E-state index in [1.165, 1.54) is 11.3 Å². The Hall–Kier alpha value is -1.36. The van der Waals surface area contributed by atoms with Gasteiger partial charge in [-0.2, -0.15) is 0 Å². The molecule has 0 radical (unpaired) electrons. The van der Waals surface area contributed by atoms with Gasteiger partial charge in [0, 0.05) is 4.88 Å². The second-order valence-corrected chi connectivity index (χ2v) is 4.42. The summed E-state index contributed by atoms with van der Waals surface area (Å²) in [7, 11) is 0. The van der Waals surface area contributed by atoms with Crippen LogP contribution in [0.15, 0.2) is 6.07 Å². The predicted octanol–water partition coefficient (Wildman–Crippen LogP) is 1.56. The fourth-order valence-electron chi connectivity index (χ4n) is 1.42. The Labute approximate surface area is 90.8 Å². The van der Waals surface area contributed by atoms with Crippen molar-refractivity contribution in [2.24, 2.45) is 0 Å². The molecule has 2 rings (SSSR count). The van der Waals surface area contributed by atoms with Gasteiger partial charge in [0.2, 0.25) is 5.78 Å². The fourth-order valence-corrected chi connectivity index (χ4v) is 2.33. The molecular formula is C10H10O4S. The van der Waals surface area contributed by atoms with E-state index in [0.717, 1.165) is 4.88 Å². The van der Waals surface area contributed by atoms with Crippen LogP contribution in [0.25, 0.3) is 0 Å². The molecule has 1 aliphatic rings. The average molecular weight is 226 g/mol. The fraction of sp³-hybridized carbons (Fsp3) is 0.400. The van der Waals surface area contributed by atoms with Crippen LogP contribution < -0.4 is 4.74 Å². The first-order chi connectivity index (χ1) is 7.13. The van der Waals surface area contributed by atoms with Gasteiger partial charge in [-0.3, -0.25) is 4.79 Å². The number of Topliss-reactive ketones (excluding diaryl/α,β-unsaturated/α-hetero) is 1. The van der Waals surface area contributed by atoms with Crippen molar-refractivity contribution in [3.8, 4) is 5.75 Å². The molecule has 0 amide bonds. The second-order valence-electron chi connectivity index (χ2n) is 3.16. The van der Waals surface area contributed by atoms with Crippen molar-refractivity contribution in [3.63, 3.8) is 0 Å². The summed E-state index contributed by atoms with van der Waals surface area (Å²) in [5, 5.41) is 0. The lowest BCUT2D eigenvalue weighted by Gasteiger charge is -2.07. The lowest BCUT2D eigenvalue weighted by Crippen LogP contribution is -2.32. The number of rotatable bonds is 2. The Balaban J connectivity index is 2.20. The van der Waals surface area contributed by atoms with E-state index >= 15 is 0 Å². The van der Waals surface area contributed by atoms with Gasteiger partial charge in [0.15, 0.2) is 0 Å². The van der Waals surface area contributed by atoms with Crippen LogP contribution in [0.2, 0.25) is 0 Å². The molecule has 0 spiro atoms. The summed E-state index contributed by atoms with van der Waals surface area (Å²) in [6.45, 7) is 3.83. The molecule has 1 unspecified atom stereocenters. The zero-order valence-corrected chi connectivity index (χ0v) is 9.22. The maximum absolute atomic E-state index is 11.7. The molecule has 1 aliphatic heterocycles. The van der Waals surface area contributed by atoms with E-state index in [1.807, 2.05) is 6.92 Å². The topological polar surface area (TPSA) is 52.6 Å². The number of hydrogen-bond acceptors (Lipinski definition) is 5. The molecule has 1 aromatic rings. The standard InChI is InChI=1S/C10H10O4S/c1-3-13-10(12)8-7(11)9-6(14-8)4-5(2)15-9/h4,8H,3H2,1-2H3. The van der Waals surface area contributed by atoms with E-state index in [1.54, 1.807) is 13.0 Å². The number of thiophene rings is 1. The van der Waals surface area contributed by atoms with E-state index in [4.69, 9.17) is 9.47 Å². The van der Waals surface area contributed by atoms with Gasteiger partial charge in [0.05, 0.1) is 6.61 Å². The van der Waals surface area contributed by atoms with Crippen LogP contribution in [0.4, 0.5) is 0 Å². The van der Waals surface area contributed by atoms with Crippen LogP contribution in [-0.2, 0) is 9.53 Å². The number of fused-ring (bicyclic) bond motifs is 1. The number of hydrogen-bond donors (Lipinski definition) is 0. The van der Waals surface area contributed by atoms with Crippen molar-refractivity contribution < 1.29 is 19.1 Å². The SMILES string of the molecule is CCOC(=O)C1Oc2cc(C)sc2C1=O. The minimum Gasteiger partial charge on any atom is -0.469 e. The van der Waals surface area contributed by atoms with Crippen molar-refractivity contribution in [2.45, 2.75) is 20.0 Å². The minimum atomic E-state index is -1.09. The van der Waals surface area contributed by atoms with Gasteiger partial charge >= 0.3 is 5.97 Å². The third kappa shape index (κ3) is 1.63. The number of carbonyl (C=O) groups excluding carboxylic acids is 2. The first kappa shape index (κ1) is 10.2. The number of ketones is 1. The third-order valence-corrected chi connectivity index (χ3v) is 3.07. The van der Waals surface area contributed by atoms with Crippen LogP contribution >= 0.6 is 11.3 Å². The highest BCUT2D eigenvalue weighted by molar-refractivity contribution is 7.14. The highest BCUT2D eigenvalue weighted by Crippen LogP contribution is 2.36. The molecule has 0 aliphatic carbocycles. The molecule has 80 valence electrons. The summed E-state index contributed by atoms with van der Waals surface area (Å²) in [5.41, 5.74) is 0. The van der Waals surface area contributed by atoms with E-state index in [0.29, 0.717) is 10.6 Å². The predicted molar refractivity (Wildman–Crippen MR) is 54.4 cm³/mol. The summed E-state index contributed by atoms with van der Waals surface area (Å²) in [4.78, 5) is 24.6. The van der Waals surface area contributed by atoms with Crippen LogP contribution in [0.3, 0.4) is 0 Å². The van der Waals surface area contributed by atoms with Gasteiger partial charge in [-0.05, 0) is 19.9 Å². The Bertz CT molecular complexity index is 421. The van der Waals surface area contributed by atoms with Crippen molar-refractivity contribution >= 4 is 23.1 Å². The molecule has 5 heteroatoms. The maximum atomic E-state index is 11.7. The van der Waals surface area contributed by atoms with Crippen LogP contribution in [0.5, 0.6) is 5.75 Å². The first-order valence-electron chi connectivity index (χ1n) is 4.61. The monoisotopic (exact) mass is 226 g/mol. The minimum absolute atomic E-state index is 0.249. The molecule has 2 heterocycles. The maximum Gasteiger partial charge on any atom is 0.355 e. The second kappa shape index (κ2) is 3.66. The van der Waals surface area contributed by atoms with Crippen molar-refractivity contribution in [1.82, 2.24) is 0 Å². The van der Waals surface area contributed by atoms with Gasteiger partial charge in [-0.15, -0.1) is 11.3 Å². The number of ether oxygens (including phenoxy) is 2. The molecule has 0 N–H and O–H groups in total. The molecule has 0 bridgehead atoms. The average Bonchev–Trinajstić information content (AvgIpc) is 2.66. The molecule has 1 aromatic heterocycles. The van der Waals surface area contributed by atoms with Crippen LogP contribution in [0.1, 0.15) is 21.5 Å². The van der Waals surface area contributed by atoms with Gasteiger partial charge in [0.25, 0.3) is 6.10 Å². The molecule has 1 atom stereocenters. The Kier molecular flexibility index (Phi) is 2.48. The molecule has 0 saturated carbocycles. The van der Waals surface area contributed by atoms with Crippen LogP contribution in [0, 0.1) is 6.92 Å². The molecule has 0 aromatic carbocycles. The number of aryl methyl sites for hydroxylation is 1. The van der Waals surface area contributed by atoms with Gasteiger partial charge in [-0.1, -0.05) is 0 Å². The smallest absolute Gasteiger partial charge is 0.355 e. The molecule has 0 saturated heterocycles. The summed E-state index contributed by atoms with van der Waals surface area (Å²) < 4.78 is 9.99. The highest BCUT2D eigenvalue weighted by Gasteiger charge is 2.40. The largest absolute Gasteiger partial charge is 0.469 e. The summed E-state index contributed by atoms with van der Waals surface area (Å²) in [6, 6.07) is 1.76. The van der Waals surface area contributed by atoms with Crippen molar-refractivity contribution in [2.75, 3.05) is 6.61 Å². The summed E-state index contributed by atoms with van der Waals surface area (Å²) in [5.74, 6) is -0.398. The summed E-state index contributed by atoms with van der Waals surface area (Å²) >= 11 is 1.34. The Morgan fingerprint density at radius 1 is 1.67 bits per heavy atom. The number of esters is 1. The van der Waals surface area contributed by atoms with E-state index in [9.17, 15) is 9.59 Å². The quantitative estimate of drug-likeness (QED) is 0.567. The third-order valence-electron chi connectivity index (χ3n) is 2.03. The van der Waals surface area contributed by atoms with E-state index in [-0.39, 0.29) is 12.4 Å². The van der Waals surface area contributed by atoms with Gasteiger partial charge < -0.3 is 9.47 Å².